The molecule has 1 saturated heterocycles. The number of likely N-dealkylation sites (tertiary alicyclic amines) is 1. The molecule has 2 atom stereocenters. The van der Waals surface area contributed by atoms with Crippen LogP contribution in [-0.4, -0.2) is 72.8 Å². The molecular formula is C15H22N2O5S. The molecule has 0 unspecified atom stereocenters. The van der Waals surface area contributed by atoms with Crippen molar-refractivity contribution in [1.82, 2.24) is 9.21 Å². The second-order valence-corrected chi connectivity index (χ2v) is 8.26. The topological polar surface area (TPSA) is 98.2 Å². The summed E-state index contributed by atoms with van der Waals surface area (Å²) >= 11 is 0. The number of aliphatic hydroxyl groups excluding tert-OH is 1. The van der Waals surface area contributed by atoms with Crippen LogP contribution in [0.4, 0.5) is 0 Å². The molecule has 0 saturated carbocycles. The van der Waals surface area contributed by atoms with Gasteiger partial charge in [-0.1, -0.05) is 12.1 Å². The molecule has 0 aliphatic carbocycles. The van der Waals surface area contributed by atoms with Gasteiger partial charge in [-0.15, -0.1) is 0 Å². The second kappa shape index (κ2) is 6.86. The third-order valence-corrected chi connectivity index (χ3v) is 5.99. The highest BCUT2D eigenvalue weighted by Gasteiger charge is 2.37. The first-order valence-electron chi connectivity index (χ1n) is 7.33. The van der Waals surface area contributed by atoms with Crippen molar-refractivity contribution in [2.75, 3.05) is 32.9 Å². The number of aliphatic hydroxyl groups is 1. The summed E-state index contributed by atoms with van der Waals surface area (Å²) in [4.78, 5) is 13.8. The molecule has 1 aromatic carbocycles. The van der Waals surface area contributed by atoms with Crippen molar-refractivity contribution in [3.8, 4) is 5.75 Å². The minimum absolute atomic E-state index is 0.131. The Labute approximate surface area is 136 Å². The quantitative estimate of drug-likeness (QED) is 0.762. The molecule has 7 nitrogen and oxygen atoms in total. The normalized spacial score (nSPS) is 21.8. The van der Waals surface area contributed by atoms with E-state index in [2.05, 4.69) is 0 Å². The Hall–Kier alpha value is -1.64. The lowest BCUT2D eigenvalue weighted by Crippen LogP contribution is -2.34. The Morgan fingerprint density at radius 1 is 1.26 bits per heavy atom. The maximum Gasteiger partial charge on any atom is 0.227 e. The number of amides is 1. The average Bonchev–Trinajstić information content (AvgIpc) is 2.82. The summed E-state index contributed by atoms with van der Waals surface area (Å²) in [6.45, 7) is 0.371. The zero-order valence-corrected chi connectivity index (χ0v) is 14.0. The number of rotatable bonds is 5. The standard InChI is InChI=1S/C15H22N2O5S/c1-16(2)23(21,22)10-12-8-17(9-14(12)19)15(20)7-11-3-5-13(18)6-4-11/h3-6,12,14,18-19H,7-10H2,1-2H3/t12-,14+/m0/s1. The lowest BCUT2D eigenvalue weighted by atomic mass is 10.1. The summed E-state index contributed by atoms with van der Waals surface area (Å²) in [6.07, 6.45) is -0.686. The van der Waals surface area contributed by atoms with E-state index in [0.29, 0.717) is 0 Å². The highest BCUT2D eigenvalue weighted by molar-refractivity contribution is 7.89. The number of hydrogen-bond acceptors (Lipinski definition) is 5. The van der Waals surface area contributed by atoms with Crippen LogP contribution in [0.3, 0.4) is 0 Å². The van der Waals surface area contributed by atoms with Gasteiger partial charge < -0.3 is 15.1 Å². The van der Waals surface area contributed by atoms with E-state index in [1.54, 1.807) is 12.1 Å². The second-order valence-electron chi connectivity index (χ2n) is 6.03. The molecule has 2 rings (SSSR count). The number of phenolic OH excluding ortho intramolecular Hbond substituents is 1. The van der Waals surface area contributed by atoms with Crippen LogP contribution in [-0.2, 0) is 21.2 Å². The molecule has 0 bridgehead atoms. The molecule has 1 fully saturated rings. The Morgan fingerprint density at radius 3 is 2.43 bits per heavy atom. The van der Waals surface area contributed by atoms with E-state index in [0.717, 1.165) is 9.87 Å². The van der Waals surface area contributed by atoms with Crippen molar-refractivity contribution in [2.24, 2.45) is 5.92 Å². The van der Waals surface area contributed by atoms with Crippen molar-refractivity contribution in [2.45, 2.75) is 12.5 Å². The van der Waals surface area contributed by atoms with Gasteiger partial charge >= 0.3 is 0 Å². The summed E-state index contributed by atoms with van der Waals surface area (Å²) in [7, 11) is -0.522. The Kier molecular flexibility index (Phi) is 5.28. The molecule has 1 heterocycles. The molecule has 1 aliphatic heterocycles. The molecule has 23 heavy (non-hydrogen) atoms. The van der Waals surface area contributed by atoms with Crippen molar-refractivity contribution >= 4 is 15.9 Å². The number of aromatic hydroxyl groups is 1. The summed E-state index contributed by atoms with van der Waals surface area (Å²) in [5.41, 5.74) is 0.756. The summed E-state index contributed by atoms with van der Waals surface area (Å²) in [6, 6.07) is 6.34. The molecule has 1 aromatic rings. The monoisotopic (exact) mass is 342 g/mol. The number of phenols is 1. The Morgan fingerprint density at radius 2 is 1.87 bits per heavy atom. The van der Waals surface area contributed by atoms with Crippen molar-refractivity contribution in [1.29, 1.82) is 0 Å². The number of carbonyl (C=O) groups excluding carboxylic acids is 1. The van der Waals surface area contributed by atoms with E-state index in [1.165, 1.54) is 31.1 Å². The van der Waals surface area contributed by atoms with Gasteiger partial charge in [0.15, 0.2) is 0 Å². The van der Waals surface area contributed by atoms with Gasteiger partial charge in [-0.25, -0.2) is 12.7 Å². The maximum absolute atomic E-state index is 12.3. The van der Waals surface area contributed by atoms with Crippen molar-refractivity contribution in [3.05, 3.63) is 29.8 Å². The van der Waals surface area contributed by atoms with Crippen LogP contribution in [0.2, 0.25) is 0 Å². The molecule has 0 spiro atoms. The smallest absolute Gasteiger partial charge is 0.227 e. The largest absolute Gasteiger partial charge is 0.508 e. The van der Waals surface area contributed by atoms with Crippen molar-refractivity contribution < 1.29 is 23.4 Å². The van der Waals surface area contributed by atoms with Gasteiger partial charge in [0.25, 0.3) is 0 Å². The van der Waals surface area contributed by atoms with E-state index in [-0.39, 0.29) is 36.9 Å². The lowest BCUT2D eigenvalue weighted by Gasteiger charge is -2.18. The van der Waals surface area contributed by atoms with Gasteiger partial charge in [0.2, 0.25) is 15.9 Å². The maximum atomic E-state index is 12.3. The Bertz CT molecular complexity index is 657. The first-order chi connectivity index (χ1) is 10.7. The van der Waals surface area contributed by atoms with Gasteiger partial charge in [-0.2, -0.15) is 0 Å². The molecule has 8 heteroatoms. The number of β-amino-alcohol motifs (C(OH)–C–C–N with tert-alkyl or cyclic N) is 1. The minimum Gasteiger partial charge on any atom is -0.508 e. The lowest BCUT2D eigenvalue weighted by molar-refractivity contribution is -0.129. The molecule has 1 aliphatic rings. The third-order valence-electron chi connectivity index (χ3n) is 4.03. The van der Waals surface area contributed by atoms with E-state index in [1.807, 2.05) is 0 Å². The van der Waals surface area contributed by atoms with E-state index < -0.39 is 22.0 Å². The van der Waals surface area contributed by atoms with Crippen LogP contribution < -0.4 is 0 Å². The molecule has 0 aromatic heterocycles. The predicted octanol–water partition coefficient (Wildman–Crippen LogP) is -0.355. The van der Waals surface area contributed by atoms with Crippen LogP contribution in [0.5, 0.6) is 5.75 Å². The summed E-state index contributed by atoms with van der Waals surface area (Å²) in [5, 5.41) is 19.3. The number of sulfonamides is 1. The van der Waals surface area contributed by atoms with Gasteiger partial charge in [0, 0.05) is 33.1 Å². The first kappa shape index (κ1) is 17.7. The fraction of sp³-hybridized carbons (Fsp3) is 0.533. The van der Waals surface area contributed by atoms with Gasteiger partial charge in [-0.3, -0.25) is 4.79 Å². The van der Waals surface area contributed by atoms with Crippen LogP contribution in [0.1, 0.15) is 5.56 Å². The van der Waals surface area contributed by atoms with Crippen LogP contribution in [0.15, 0.2) is 24.3 Å². The fourth-order valence-corrected chi connectivity index (χ4v) is 3.71. The van der Waals surface area contributed by atoms with Crippen molar-refractivity contribution in [3.63, 3.8) is 0 Å². The number of nitrogens with zero attached hydrogens (tertiary/aromatic N) is 2. The Balaban J connectivity index is 1.97. The van der Waals surface area contributed by atoms with Gasteiger partial charge in [0.05, 0.1) is 18.3 Å². The van der Waals surface area contributed by atoms with Gasteiger partial charge in [0.1, 0.15) is 5.75 Å². The fourth-order valence-electron chi connectivity index (χ4n) is 2.54. The number of carbonyl (C=O) groups is 1. The third kappa shape index (κ3) is 4.43. The molecule has 1 amide bonds. The number of hydrogen-bond donors (Lipinski definition) is 2. The molecule has 2 N–H and O–H groups in total. The summed E-state index contributed by atoms with van der Waals surface area (Å²) in [5.74, 6) is -0.693. The van der Waals surface area contributed by atoms with Crippen LogP contribution in [0, 0.1) is 5.92 Å². The highest BCUT2D eigenvalue weighted by Crippen LogP contribution is 2.21. The number of benzene rings is 1. The van der Waals surface area contributed by atoms with Gasteiger partial charge in [-0.05, 0) is 17.7 Å². The van der Waals surface area contributed by atoms with E-state index in [9.17, 15) is 23.4 Å². The summed E-state index contributed by atoms with van der Waals surface area (Å²) < 4.78 is 25.0. The van der Waals surface area contributed by atoms with E-state index >= 15 is 0 Å². The highest BCUT2D eigenvalue weighted by atomic mass is 32.2. The van der Waals surface area contributed by atoms with Crippen LogP contribution >= 0.6 is 0 Å². The molecule has 128 valence electrons. The SMILES string of the molecule is CN(C)S(=O)(=O)C[C@@H]1CN(C(=O)Cc2ccc(O)cc2)C[C@H]1O. The van der Waals surface area contributed by atoms with Crippen LogP contribution in [0.25, 0.3) is 0 Å². The molecular weight excluding hydrogens is 320 g/mol. The van der Waals surface area contributed by atoms with E-state index in [4.69, 9.17) is 0 Å². The zero-order valence-electron chi connectivity index (χ0n) is 13.2. The zero-order chi connectivity index (χ0) is 17.2. The minimum atomic E-state index is -3.42. The average molecular weight is 342 g/mol. The first-order valence-corrected chi connectivity index (χ1v) is 8.94. The molecule has 0 radical (unpaired) electrons. The predicted molar refractivity (Wildman–Crippen MR) is 85.4 cm³/mol.